The maximum Gasteiger partial charge on any atom is 0.214 e. The molecule has 5 nitrogen and oxygen atoms in total. The third-order valence-electron chi connectivity index (χ3n) is 4.20. The molecule has 0 aliphatic carbocycles. The van der Waals surface area contributed by atoms with Crippen molar-refractivity contribution in [2.24, 2.45) is 5.92 Å². The van der Waals surface area contributed by atoms with Gasteiger partial charge in [0.2, 0.25) is 10.0 Å². The van der Waals surface area contributed by atoms with Crippen molar-refractivity contribution >= 4 is 10.0 Å². The average molecular weight is 299 g/mol. The highest BCUT2D eigenvalue weighted by Crippen LogP contribution is 2.24. The average Bonchev–Trinajstić information content (AvgIpc) is 3.00. The van der Waals surface area contributed by atoms with Crippen molar-refractivity contribution in [1.82, 2.24) is 13.9 Å². The standard InChI is InChI=1S/C14H25N3O2S/c1-4-12(2)11-20(18,19)17-8-5-6-14(17)10-16-9-7-15-13(16)3/h7,9,12,14H,4-6,8,10-11H2,1-3H3/t12-,14+/m1/s1. The summed E-state index contributed by atoms with van der Waals surface area (Å²) in [7, 11) is -3.14. The monoisotopic (exact) mass is 299 g/mol. The van der Waals surface area contributed by atoms with Gasteiger partial charge in [0.15, 0.2) is 0 Å². The quantitative estimate of drug-likeness (QED) is 0.807. The Hall–Kier alpha value is -0.880. The second-order valence-corrected chi connectivity index (χ2v) is 7.79. The van der Waals surface area contributed by atoms with Crippen molar-refractivity contribution in [3.05, 3.63) is 18.2 Å². The Morgan fingerprint density at radius 2 is 2.25 bits per heavy atom. The van der Waals surface area contributed by atoms with E-state index in [0.29, 0.717) is 13.1 Å². The normalized spacial score (nSPS) is 22.2. The van der Waals surface area contributed by atoms with Crippen LogP contribution in [0.5, 0.6) is 0 Å². The van der Waals surface area contributed by atoms with E-state index in [4.69, 9.17) is 0 Å². The summed E-state index contributed by atoms with van der Waals surface area (Å²) in [4.78, 5) is 4.20. The predicted octanol–water partition coefficient (Wildman–Crippen LogP) is 2.03. The van der Waals surface area contributed by atoms with Crippen LogP contribution in [0.3, 0.4) is 0 Å². The Morgan fingerprint density at radius 1 is 1.50 bits per heavy atom. The van der Waals surface area contributed by atoms with Gasteiger partial charge < -0.3 is 4.57 Å². The molecule has 0 aromatic carbocycles. The van der Waals surface area contributed by atoms with E-state index in [0.717, 1.165) is 25.1 Å². The zero-order valence-corrected chi connectivity index (χ0v) is 13.4. The van der Waals surface area contributed by atoms with E-state index in [2.05, 4.69) is 4.98 Å². The summed E-state index contributed by atoms with van der Waals surface area (Å²) < 4.78 is 28.8. The predicted molar refractivity (Wildman–Crippen MR) is 79.9 cm³/mol. The second-order valence-electron chi connectivity index (χ2n) is 5.83. The van der Waals surface area contributed by atoms with Gasteiger partial charge in [-0.15, -0.1) is 0 Å². The summed E-state index contributed by atoms with van der Waals surface area (Å²) in [5.41, 5.74) is 0. The third kappa shape index (κ3) is 3.41. The Balaban J connectivity index is 2.09. The fourth-order valence-corrected chi connectivity index (χ4v) is 4.93. The number of sulfonamides is 1. The van der Waals surface area contributed by atoms with Crippen LogP contribution in [0.25, 0.3) is 0 Å². The first-order valence-corrected chi connectivity index (χ1v) is 9.02. The number of hydrogen-bond acceptors (Lipinski definition) is 3. The van der Waals surface area contributed by atoms with Crippen LogP contribution in [0.4, 0.5) is 0 Å². The molecule has 1 aromatic rings. The highest BCUT2D eigenvalue weighted by Gasteiger charge is 2.34. The van der Waals surface area contributed by atoms with Crippen LogP contribution >= 0.6 is 0 Å². The first-order valence-electron chi connectivity index (χ1n) is 7.41. The number of aryl methyl sites for hydroxylation is 1. The zero-order valence-electron chi connectivity index (χ0n) is 12.6. The lowest BCUT2D eigenvalue weighted by Gasteiger charge is -2.26. The smallest absolute Gasteiger partial charge is 0.214 e. The van der Waals surface area contributed by atoms with E-state index in [1.54, 1.807) is 10.5 Å². The second kappa shape index (κ2) is 6.26. The summed E-state index contributed by atoms with van der Waals surface area (Å²) in [6.45, 7) is 7.37. The zero-order chi connectivity index (χ0) is 14.8. The molecular weight excluding hydrogens is 274 g/mol. The van der Waals surface area contributed by atoms with Crippen LogP contribution in [-0.2, 0) is 16.6 Å². The molecule has 0 radical (unpaired) electrons. The molecule has 1 aromatic heterocycles. The Labute approximate surface area is 122 Å². The van der Waals surface area contributed by atoms with Gasteiger partial charge >= 0.3 is 0 Å². The summed E-state index contributed by atoms with van der Waals surface area (Å²) in [6, 6.07) is 0.0805. The van der Waals surface area contributed by atoms with Gasteiger partial charge in [-0.25, -0.2) is 13.4 Å². The van der Waals surface area contributed by atoms with Gasteiger partial charge in [0, 0.05) is 31.5 Å². The molecule has 0 saturated carbocycles. The topological polar surface area (TPSA) is 55.2 Å². The van der Waals surface area contributed by atoms with E-state index in [1.807, 2.05) is 31.5 Å². The van der Waals surface area contributed by atoms with Gasteiger partial charge in [0.05, 0.1) is 5.75 Å². The molecule has 2 atom stereocenters. The Morgan fingerprint density at radius 3 is 2.85 bits per heavy atom. The largest absolute Gasteiger partial charge is 0.334 e. The molecule has 2 rings (SSSR count). The van der Waals surface area contributed by atoms with Crippen molar-refractivity contribution in [1.29, 1.82) is 0 Å². The summed E-state index contributed by atoms with van der Waals surface area (Å²) in [6.07, 6.45) is 6.49. The van der Waals surface area contributed by atoms with Crippen molar-refractivity contribution in [2.75, 3.05) is 12.3 Å². The molecule has 1 aliphatic rings. The molecular formula is C14H25N3O2S. The van der Waals surface area contributed by atoms with Gasteiger partial charge in [-0.3, -0.25) is 0 Å². The van der Waals surface area contributed by atoms with Gasteiger partial charge in [-0.1, -0.05) is 20.3 Å². The number of imidazole rings is 1. The first kappa shape index (κ1) is 15.5. The molecule has 114 valence electrons. The summed E-state index contributed by atoms with van der Waals surface area (Å²) in [5, 5.41) is 0. The van der Waals surface area contributed by atoms with Crippen molar-refractivity contribution in [3.8, 4) is 0 Å². The highest BCUT2D eigenvalue weighted by molar-refractivity contribution is 7.89. The maximum absolute atomic E-state index is 12.5. The fraction of sp³-hybridized carbons (Fsp3) is 0.786. The fourth-order valence-electron chi connectivity index (χ4n) is 2.75. The number of rotatable bonds is 6. The van der Waals surface area contributed by atoms with Gasteiger partial charge in [0.25, 0.3) is 0 Å². The third-order valence-corrected chi connectivity index (χ3v) is 6.39. The maximum atomic E-state index is 12.5. The minimum Gasteiger partial charge on any atom is -0.334 e. The molecule has 0 unspecified atom stereocenters. The lowest BCUT2D eigenvalue weighted by Crippen LogP contribution is -2.40. The van der Waals surface area contributed by atoms with E-state index < -0.39 is 10.0 Å². The Bertz CT molecular complexity index is 538. The first-order chi connectivity index (χ1) is 9.44. The molecule has 20 heavy (non-hydrogen) atoms. The van der Waals surface area contributed by atoms with Gasteiger partial charge in [0.1, 0.15) is 5.82 Å². The molecule has 1 fully saturated rings. The number of hydrogen-bond donors (Lipinski definition) is 0. The lowest BCUT2D eigenvalue weighted by atomic mass is 10.2. The van der Waals surface area contributed by atoms with Crippen LogP contribution in [0.2, 0.25) is 0 Å². The lowest BCUT2D eigenvalue weighted by molar-refractivity contribution is 0.347. The molecule has 0 amide bonds. The highest BCUT2D eigenvalue weighted by atomic mass is 32.2. The molecule has 0 bridgehead atoms. The van der Waals surface area contributed by atoms with E-state index in [1.165, 1.54) is 0 Å². The number of aromatic nitrogens is 2. The van der Waals surface area contributed by atoms with Crippen LogP contribution in [0.1, 0.15) is 38.9 Å². The minimum absolute atomic E-state index is 0.0805. The van der Waals surface area contributed by atoms with Crippen molar-refractivity contribution in [2.45, 2.75) is 52.6 Å². The molecule has 1 saturated heterocycles. The van der Waals surface area contributed by atoms with Gasteiger partial charge in [-0.2, -0.15) is 4.31 Å². The van der Waals surface area contributed by atoms with Gasteiger partial charge in [-0.05, 0) is 25.7 Å². The molecule has 0 N–H and O–H groups in total. The van der Waals surface area contributed by atoms with Crippen molar-refractivity contribution in [3.63, 3.8) is 0 Å². The summed E-state index contributed by atoms with van der Waals surface area (Å²) >= 11 is 0. The minimum atomic E-state index is -3.14. The van der Waals surface area contributed by atoms with E-state index >= 15 is 0 Å². The van der Waals surface area contributed by atoms with Crippen LogP contribution in [0.15, 0.2) is 12.4 Å². The van der Waals surface area contributed by atoms with Crippen LogP contribution in [0, 0.1) is 12.8 Å². The number of nitrogens with zero attached hydrogens (tertiary/aromatic N) is 3. The molecule has 2 heterocycles. The van der Waals surface area contributed by atoms with E-state index in [9.17, 15) is 8.42 Å². The van der Waals surface area contributed by atoms with Crippen LogP contribution in [-0.4, -0.2) is 40.6 Å². The Kier molecular flexibility index (Phi) is 4.86. The molecule has 1 aliphatic heterocycles. The molecule has 0 spiro atoms. The van der Waals surface area contributed by atoms with E-state index in [-0.39, 0.29) is 17.7 Å². The SMILES string of the molecule is CC[C@@H](C)CS(=O)(=O)N1CCC[C@H]1Cn1ccnc1C. The van der Waals surface area contributed by atoms with Crippen molar-refractivity contribution < 1.29 is 8.42 Å². The molecule has 6 heteroatoms. The van der Waals surface area contributed by atoms with Crippen LogP contribution < -0.4 is 0 Å². The summed E-state index contributed by atoms with van der Waals surface area (Å²) in [5.74, 6) is 1.43.